The highest BCUT2D eigenvalue weighted by Gasteiger charge is 2.15. The second-order valence-corrected chi connectivity index (χ2v) is 5.27. The van der Waals surface area contributed by atoms with Crippen LogP contribution in [-0.2, 0) is 6.42 Å². The summed E-state index contributed by atoms with van der Waals surface area (Å²) < 4.78 is 0. The van der Waals surface area contributed by atoms with Gasteiger partial charge in [-0.25, -0.2) is 0 Å². The smallest absolute Gasteiger partial charge is 0.115 e. The molecule has 0 aliphatic carbocycles. The van der Waals surface area contributed by atoms with E-state index in [1.165, 1.54) is 5.56 Å². The van der Waals surface area contributed by atoms with Gasteiger partial charge in [-0.05, 0) is 55.3 Å². The van der Waals surface area contributed by atoms with Gasteiger partial charge in [0.05, 0.1) is 6.10 Å². The first-order valence-corrected chi connectivity index (χ1v) is 7.11. The van der Waals surface area contributed by atoms with Crippen LogP contribution in [0.2, 0.25) is 0 Å². The van der Waals surface area contributed by atoms with Gasteiger partial charge in [-0.2, -0.15) is 0 Å². The Kier molecular flexibility index (Phi) is 5.20. The molecule has 0 fully saturated rings. The number of anilines is 1. The van der Waals surface area contributed by atoms with Crippen molar-refractivity contribution in [2.45, 2.75) is 25.5 Å². The van der Waals surface area contributed by atoms with Crippen molar-refractivity contribution in [2.75, 3.05) is 12.3 Å². The summed E-state index contributed by atoms with van der Waals surface area (Å²) >= 11 is 0. The number of phenols is 1. The summed E-state index contributed by atoms with van der Waals surface area (Å²) in [5, 5.41) is 22.8. The number of hydrogen-bond donors (Lipinski definition) is 4. The molecule has 2 rings (SSSR count). The van der Waals surface area contributed by atoms with Crippen molar-refractivity contribution in [2.24, 2.45) is 0 Å². The minimum absolute atomic E-state index is 0.0664. The molecule has 5 N–H and O–H groups in total. The number of nitrogens with two attached hydrogens (primary N) is 1. The van der Waals surface area contributed by atoms with Gasteiger partial charge in [-0.3, -0.25) is 0 Å². The fourth-order valence-corrected chi connectivity index (χ4v) is 2.20. The van der Waals surface area contributed by atoms with Gasteiger partial charge in [0.2, 0.25) is 0 Å². The van der Waals surface area contributed by atoms with Crippen LogP contribution >= 0.6 is 0 Å². The number of nitrogens with one attached hydrogen (secondary N) is 1. The first-order valence-electron chi connectivity index (χ1n) is 7.11. The second kappa shape index (κ2) is 7.11. The van der Waals surface area contributed by atoms with E-state index in [1.54, 1.807) is 24.3 Å². The molecule has 2 aromatic rings. The van der Waals surface area contributed by atoms with Gasteiger partial charge in [-0.1, -0.05) is 24.3 Å². The van der Waals surface area contributed by atoms with Gasteiger partial charge in [0, 0.05) is 11.7 Å². The summed E-state index contributed by atoms with van der Waals surface area (Å²) in [5.41, 5.74) is 8.42. The zero-order valence-electron chi connectivity index (χ0n) is 12.2. The van der Waals surface area contributed by atoms with E-state index >= 15 is 0 Å². The van der Waals surface area contributed by atoms with E-state index in [1.807, 2.05) is 31.2 Å². The number of nitrogen functional groups attached to an aromatic ring is 1. The Hall–Kier alpha value is -2.04. The molecular formula is C17H22N2O2. The minimum atomic E-state index is -0.600. The van der Waals surface area contributed by atoms with E-state index in [2.05, 4.69) is 5.32 Å². The Morgan fingerprint density at radius 1 is 1.05 bits per heavy atom. The maximum absolute atomic E-state index is 10.3. The normalized spacial score (nSPS) is 13.8. The predicted octanol–water partition coefficient (Wildman–Crippen LogP) is 2.23. The standard InChI is InChI=1S/C17H22N2O2/c1-12(17(21)14-4-8-16(20)9-5-14)19-11-10-13-2-6-15(18)7-3-13/h2-9,12,17,19-21H,10-11,18H2,1H3/t12-,17-/m0/s1. The lowest BCUT2D eigenvalue weighted by atomic mass is 10.0. The molecule has 0 radical (unpaired) electrons. The van der Waals surface area contributed by atoms with E-state index in [4.69, 9.17) is 5.73 Å². The van der Waals surface area contributed by atoms with Crippen molar-refractivity contribution in [3.05, 3.63) is 59.7 Å². The Morgan fingerprint density at radius 2 is 1.67 bits per heavy atom. The predicted molar refractivity (Wildman–Crippen MR) is 85.1 cm³/mol. The van der Waals surface area contributed by atoms with Crippen LogP contribution < -0.4 is 11.1 Å². The van der Waals surface area contributed by atoms with E-state index in [9.17, 15) is 10.2 Å². The first kappa shape index (κ1) is 15.4. The monoisotopic (exact) mass is 286 g/mol. The average molecular weight is 286 g/mol. The second-order valence-electron chi connectivity index (χ2n) is 5.27. The van der Waals surface area contributed by atoms with E-state index < -0.39 is 6.10 Å². The fraction of sp³-hybridized carbons (Fsp3) is 0.294. The molecular weight excluding hydrogens is 264 g/mol. The Balaban J connectivity index is 1.82. The molecule has 2 aromatic carbocycles. The molecule has 4 nitrogen and oxygen atoms in total. The molecule has 0 amide bonds. The van der Waals surface area contributed by atoms with Crippen molar-refractivity contribution in [1.29, 1.82) is 0 Å². The zero-order chi connectivity index (χ0) is 15.2. The average Bonchev–Trinajstić information content (AvgIpc) is 2.49. The molecule has 0 spiro atoms. The van der Waals surface area contributed by atoms with E-state index in [0.717, 1.165) is 24.2 Å². The number of benzene rings is 2. The fourth-order valence-electron chi connectivity index (χ4n) is 2.20. The van der Waals surface area contributed by atoms with Crippen LogP contribution in [-0.4, -0.2) is 22.8 Å². The van der Waals surface area contributed by atoms with Crippen LogP contribution in [0.5, 0.6) is 5.75 Å². The molecule has 21 heavy (non-hydrogen) atoms. The van der Waals surface area contributed by atoms with Crippen molar-refractivity contribution in [1.82, 2.24) is 5.32 Å². The molecule has 0 aliphatic rings. The highest BCUT2D eigenvalue weighted by molar-refractivity contribution is 5.39. The van der Waals surface area contributed by atoms with Crippen LogP contribution in [0.4, 0.5) is 5.69 Å². The molecule has 0 bridgehead atoms. The Labute approximate surface area is 125 Å². The summed E-state index contributed by atoms with van der Waals surface area (Å²) in [5.74, 6) is 0.204. The van der Waals surface area contributed by atoms with Gasteiger partial charge in [-0.15, -0.1) is 0 Å². The van der Waals surface area contributed by atoms with Crippen molar-refractivity contribution in [3.8, 4) is 5.75 Å². The summed E-state index contributed by atoms with van der Waals surface area (Å²) in [6.07, 6.45) is 0.282. The van der Waals surface area contributed by atoms with Crippen LogP contribution in [0.15, 0.2) is 48.5 Å². The molecule has 4 heteroatoms. The van der Waals surface area contributed by atoms with Crippen LogP contribution in [0.1, 0.15) is 24.2 Å². The number of rotatable bonds is 6. The van der Waals surface area contributed by atoms with Gasteiger partial charge < -0.3 is 21.3 Å². The Morgan fingerprint density at radius 3 is 2.29 bits per heavy atom. The first-order chi connectivity index (χ1) is 10.1. The number of aliphatic hydroxyl groups is 1. The zero-order valence-corrected chi connectivity index (χ0v) is 12.2. The lowest BCUT2D eigenvalue weighted by Gasteiger charge is -2.20. The molecule has 0 saturated carbocycles. The summed E-state index contributed by atoms with van der Waals surface area (Å²) in [6.45, 7) is 2.72. The number of aromatic hydroxyl groups is 1. The maximum atomic E-state index is 10.3. The molecule has 0 saturated heterocycles. The van der Waals surface area contributed by atoms with Crippen LogP contribution in [0.25, 0.3) is 0 Å². The van der Waals surface area contributed by atoms with E-state index in [0.29, 0.717) is 0 Å². The highest BCUT2D eigenvalue weighted by Crippen LogP contribution is 2.19. The van der Waals surface area contributed by atoms with Crippen molar-refractivity contribution in [3.63, 3.8) is 0 Å². The van der Waals surface area contributed by atoms with Gasteiger partial charge >= 0.3 is 0 Å². The van der Waals surface area contributed by atoms with Crippen LogP contribution in [0.3, 0.4) is 0 Å². The lowest BCUT2D eigenvalue weighted by molar-refractivity contribution is 0.136. The van der Waals surface area contributed by atoms with Gasteiger partial charge in [0.15, 0.2) is 0 Å². The van der Waals surface area contributed by atoms with Crippen molar-refractivity contribution >= 4 is 5.69 Å². The Bertz CT molecular complexity index is 552. The lowest BCUT2D eigenvalue weighted by Crippen LogP contribution is -2.33. The summed E-state index contributed by atoms with van der Waals surface area (Å²) in [6, 6.07) is 14.4. The number of aliphatic hydroxyl groups excluding tert-OH is 1. The molecule has 0 unspecified atom stereocenters. The minimum Gasteiger partial charge on any atom is -0.508 e. The third kappa shape index (κ3) is 4.48. The summed E-state index contributed by atoms with van der Waals surface area (Å²) in [7, 11) is 0. The van der Waals surface area contributed by atoms with E-state index in [-0.39, 0.29) is 11.8 Å². The number of phenolic OH excluding ortho intramolecular Hbond substituents is 1. The van der Waals surface area contributed by atoms with Gasteiger partial charge in [0.25, 0.3) is 0 Å². The van der Waals surface area contributed by atoms with Crippen molar-refractivity contribution < 1.29 is 10.2 Å². The highest BCUT2D eigenvalue weighted by atomic mass is 16.3. The maximum Gasteiger partial charge on any atom is 0.115 e. The molecule has 0 aliphatic heterocycles. The van der Waals surface area contributed by atoms with Gasteiger partial charge in [0.1, 0.15) is 5.75 Å². The topological polar surface area (TPSA) is 78.5 Å². The summed E-state index contributed by atoms with van der Waals surface area (Å²) in [4.78, 5) is 0. The quantitative estimate of drug-likeness (QED) is 0.614. The van der Waals surface area contributed by atoms with Crippen LogP contribution in [0, 0.1) is 0 Å². The number of hydrogen-bond acceptors (Lipinski definition) is 4. The SMILES string of the molecule is C[C@H](NCCc1ccc(N)cc1)[C@H](O)c1ccc(O)cc1. The molecule has 112 valence electrons. The largest absolute Gasteiger partial charge is 0.508 e. The molecule has 0 heterocycles. The third-order valence-electron chi connectivity index (χ3n) is 3.57. The molecule has 0 aromatic heterocycles. The third-order valence-corrected chi connectivity index (χ3v) is 3.57. The molecule has 2 atom stereocenters.